The number of carbonyl (C=O) groups is 2. The molecule has 2 N–H and O–H groups in total. The van der Waals surface area contributed by atoms with Crippen molar-refractivity contribution in [2.75, 3.05) is 19.6 Å². The summed E-state index contributed by atoms with van der Waals surface area (Å²) in [7, 11) is 0. The highest BCUT2D eigenvalue weighted by atomic mass is 16.4. The Morgan fingerprint density at radius 1 is 1.53 bits per heavy atom. The third-order valence-corrected chi connectivity index (χ3v) is 3.19. The third-order valence-electron chi connectivity index (χ3n) is 3.19. The molecular formula is C12H20N2O3. The fourth-order valence-corrected chi connectivity index (χ4v) is 1.90. The molecule has 0 saturated heterocycles. The zero-order valence-electron chi connectivity index (χ0n) is 10.2. The zero-order valence-corrected chi connectivity index (χ0v) is 10.2. The molecule has 0 atom stereocenters. The zero-order chi connectivity index (χ0) is 12.9. The van der Waals surface area contributed by atoms with E-state index in [2.05, 4.69) is 18.8 Å². The summed E-state index contributed by atoms with van der Waals surface area (Å²) in [5.74, 6) is -1.02. The van der Waals surface area contributed by atoms with Gasteiger partial charge in [-0.3, -0.25) is 4.79 Å². The number of carbonyl (C=O) groups excluding carboxylic acids is 1. The van der Waals surface area contributed by atoms with Crippen LogP contribution in [0.4, 0.5) is 4.79 Å². The molecule has 2 amide bonds. The van der Waals surface area contributed by atoms with Gasteiger partial charge in [-0.25, -0.2) is 4.79 Å². The molecule has 5 heteroatoms. The summed E-state index contributed by atoms with van der Waals surface area (Å²) in [6.45, 7) is 6.20. The quantitative estimate of drug-likeness (QED) is 0.690. The molecule has 0 aromatic heterocycles. The van der Waals surface area contributed by atoms with E-state index >= 15 is 0 Å². The molecule has 1 aliphatic rings. The fourth-order valence-electron chi connectivity index (χ4n) is 1.90. The number of nitrogens with one attached hydrogen (secondary N) is 1. The van der Waals surface area contributed by atoms with Gasteiger partial charge in [-0.2, -0.15) is 0 Å². The molecule has 0 aromatic rings. The van der Waals surface area contributed by atoms with Gasteiger partial charge in [-0.05, 0) is 18.3 Å². The van der Waals surface area contributed by atoms with Gasteiger partial charge in [0.1, 0.15) is 6.54 Å². The molecule has 0 aliphatic heterocycles. The van der Waals surface area contributed by atoms with E-state index in [-0.39, 0.29) is 24.5 Å². The lowest BCUT2D eigenvalue weighted by atomic mass is 9.70. The summed E-state index contributed by atoms with van der Waals surface area (Å²) in [6, 6.07) is -0.333. The predicted molar refractivity (Wildman–Crippen MR) is 64.8 cm³/mol. The minimum Gasteiger partial charge on any atom is -0.480 e. The van der Waals surface area contributed by atoms with Crippen molar-refractivity contribution in [3.8, 4) is 0 Å². The maximum absolute atomic E-state index is 11.8. The molecule has 0 heterocycles. The Morgan fingerprint density at radius 3 is 2.59 bits per heavy atom. The molecule has 1 rings (SSSR count). The van der Waals surface area contributed by atoms with Crippen LogP contribution < -0.4 is 5.32 Å². The van der Waals surface area contributed by atoms with Gasteiger partial charge in [0.15, 0.2) is 0 Å². The topological polar surface area (TPSA) is 69.6 Å². The number of hydrogen-bond acceptors (Lipinski definition) is 2. The van der Waals surface area contributed by atoms with Crippen LogP contribution in [0.15, 0.2) is 12.7 Å². The Labute approximate surface area is 101 Å². The number of amides is 2. The van der Waals surface area contributed by atoms with Crippen LogP contribution in [0.25, 0.3) is 0 Å². The van der Waals surface area contributed by atoms with Crippen molar-refractivity contribution in [3.05, 3.63) is 12.7 Å². The van der Waals surface area contributed by atoms with Gasteiger partial charge in [0.05, 0.1) is 0 Å². The molecule has 0 aromatic carbocycles. The van der Waals surface area contributed by atoms with E-state index in [4.69, 9.17) is 5.11 Å². The summed E-state index contributed by atoms with van der Waals surface area (Å²) < 4.78 is 0. The number of rotatable bonds is 6. The smallest absolute Gasteiger partial charge is 0.323 e. The van der Waals surface area contributed by atoms with Crippen molar-refractivity contribution < 1.29 is 14.7 Å². The number of urea groups is 1. The monoisotopic (exact) mass is 240 g/mol. The highest BCUT2D eigenvalue weighted by Gasteiger charge is 2.32. The molecule has 1 aliphatic carbocycles. The summed E-state index contributed by atoms with van der Waals surface area (Å²) in [6.07, 6.45) is 4.97. The standard InChI is InChI=1S/C12H20N2O3/c1-3-7-14(8-10(15)16)11(17)13-9-12(2)5-4-6-12/h3H,1,4-9H2,2H3,(H,13,17)(H,15,16). The lowest BCUT2D eigenvalue weighted by Crippen LogP contribution is -2.47. The second-order valence-electron chi connectivity index (χ2n) is 4.89. The first-order valence-electron chi connectivity index (χ1n) is 5.82. The maximum Gasteiger partial charge on any atom is 0.323 e. The maximum atomic E-state index is 11.8. The average Bonchev–Trinajstić information content (AvgIpc) is 2.22. The number of nitrogens with zero attached hydrogens (tertiary/aromatic N) is 1. The lowest BCUT2D eigenvalue weighted by molar-refractivity contribution is -0.137. The van der Waals surface area contributed by atoms with Crippen LogP contribution in [0.5, 0.6) is 0 Å². The van der Waals surface area contributed by atoms with Crippen molar-refractivity contribution in [2.24, 2.45) is 5.41 Å². The average molecular weight is 240 g/mol. The summed E-state index contributed by atoms with van der Waals surface area (Å²) >= 11 is 0. The van der Waals surface area contributed by atoms with E-state index in [1.54, 1.807) is 0 Å². The van der Waals surface area contributed by atoms with Crippen LogP contribution >= 0.6 is 0 Å². The van der Waals surface area contributed by atoms with E-state index in [0.29, 0.717) is 6.54 Å². The molecule has 5 nitrogen and oxygen atoms in total. The Balaban J connectivity index is 2.41. The first-order chi connectivity index (χ1) is 7.97. The Morgan fingerprint density at radius 2 is 2.18 bits per heavy atom. The van der Waals surface area contributed by atoms with Gasteiger partial charge < -0.3 is 15.3 Å². The Kier molecular flexibility index (Phi) is 4.54. The van der Waals surface area contributed by atoms with Crippen LogP contribution in [0.2, 0.25) is 0 Å². The Bertz CT molecular complexity index is 311. The second kappa shape index (κ2) is 5.70. The third kappa shape index (κ3) is 4.09. The summed E-state index contributed by atoms with van der Waals surface area (Å²) in [4.78, 5) is 23.6. The summed E-state index contributed by atoms with van der Waals surface area (Å²) in [5.41, 5.74) is 0.193. The van der Waals surface area contributed by atoms with Crippen LogP contribution in [0.3, 0.4) is 0 Å². The van der Waals surface area contributed by atoms with Crippen LogP contribution in [-0.2, 0) is 4.79 Å². The number of hydrogen-bond donors (Lipinski definition) is 2. The largest absolute Gasteiger partial charge is 0.480 e. The van der Waals surface area contributed by atoms with Crippen molar-refractivity contribution in [1.82, 2.24) is 10.2 Å². The molecule has 0 radical (unpaired) electrons. The van der Waals surface area contributed by atoms with E-state index < -0.39 is 5.97 Å². The Hall–Kier alpha value is -1.52. The molecule has 17 heavy (non-hydrogen) atoms. The van der Waals surface area contributed by atoms with Gasteiger partial charge in [0, 0.05) is 13.1 Å². The molecule has 1 fully saturated rings. The molecular weight excluding hydrogens is 220 g/mol. The van der Waals surface area contributed by atoms with E-state index in [1.165, 1.54) is 17.4 Å². The highest BCUT2D eigenvalue weighted by Crippen LogP contribution is 2.39. The predicted octanol–water partition coefficient (Wildman–Crippen LogP) is 1.46. The van der Waals surface area contributed by atoms with Crippen molar-refractivity contribution in [2.45, 2.75) is 26.2 Å². The lowest BCUT2D eigenvalue weighted by Gasteiger charge is -2.38. The van der Waals surface area contributed by atoms with E-state index in [9.17, 15) is 9.59 Å². The van der Waals surface area contributed by atoms with Crippen LogP contribution in [0.1, 0.15) is 26.2 Å². The first-order valence-corrected chi connectivity index (χ1v) is 5.82. The minimum atomic E-state index is -1.02. The SMILES string of the molecule is C=CCN(CC(=O)O)C(=O)NCC1(C)CCC1. The minimum absolute atomic E-state index is 0.193. The van der Waals surface area contributed by atoms with Gasteiger partial charge in [-0.1, -0.05) is 19.4 Å². The first kappa shape index (κ1) is 13.5. The second-order valence-corrected chi connectivity index (χ2v) is 4.89. The van der Waals surface area contributed by atoms with Crippen molar-refractivity contribution >= 4 is 12.0 Å². The molecule has 0 bridgehead atoms. The van der Waals surface area contributed by atoms with Gasteiger partial charge >= 0.3 is 12.0 Å². The van der Waals surface area contributed by atoms with Gasteiger partial charge in [-0.15, -0.1) is 6.58 Å². The molecule has 0 unspecified atom stereocenters. The molecule has 96 valence electrons. The highest BCUT2D eigenvalue weighted by molar-refractivity contribution is 5.80. The molecule has 0 spiro atoms. The summed E-state index contributed by atoms with van der Waals surface area (Å²) in [5, 5.41) is 11.5. The van der Waals surface area contributed by atoms with Gasteiger partial charge in [0.2, 0.25) is 0 Å². The van der Waals surface area contributed by atoms with E-state index in [0.717, 1.165) is 12.8 Å². The van der Waals surface area contributed by atoms with Crippen molar-refractivity contribution in [1.29, 1.82) is 0 Å². The number of aliphatic carboxylic acids is 1. The number of carboxylic acids is 1. The number of carboxylic acid groups (broad SMARTS) is 1. The van der Waals surface area contributed by atoms with E-state index in [1.807, 2.05) is 0 Å². The fraction of sp³-hybridized carbons (Fsp3) is 0.667. The molecule has 1 saturated carbocycles. The van der Waals surface area contributed by atoms with Crippen LogP contribution in [0, 0.1) is 5.41 Å². The van der Waals surface area contributed by atoms with Crippen molar-refractivity contribution in [3.63, 3.8) is 0 Å². The van der Waals surface area contributed by atoms with Gasteiger partial charge in [0.25, 0.3) is 0 Å². The normalized spacial score (nSPS) is 16.8. The van der Waals surface area contributed by atoms with Crippen LogP contribution in [-0.4, -0.2) is 41.6 Å².